The van der Waals surface area contributed by atoms with E-state index in [9.17, 15) is 35.5 Å². The molecule has 0 aliphatic heterocycles. The van der Waals surface area contributed by atoms with E-state index < -0.39 is 46.6 Å². The van der Waals surface area contributed by atoms with Crippen LogP contribution in [-0.4, -0.2) is 23.6 Å². The summed E-state index contributed by atoms with van der Waals surface area (Å²) in [6.07, 6.45) is -10.1. The van der Waals surface area contributed by atoms with E-state index in [4.69, 9.17) is 16.7 Å². The Morgan fingerprint density at radius 1 is 1.00 bits per heavy atom. The lowest BCUT2D eigenvalue weighted by Crippen LogP contribution is -2.20. The summed E-state index contributed by atoms with van der Waals surface area (Å²) in [6, 6.07) is 5.89. The van der Waals surface area contributed by atoms with Crippen LogP contribution in [0, 0.1) is 0 Å². The van der Waals surface area contributed by atoms with Gasteiger partial charge >= 0.3 is 18.5 Å². The second kappa shape index (κ2) is 8.32. The molecule has 156 valence electrons. The molecule has 0 heterocycles. The minimum absolute atomic E-state index is 0.163. The van der Waals surface area contributed by atoms with E-state index in [1.165, 1.54) is 0 Å². The minimum Gasteiger partial charge on any atom is -0.478 e. The molecule has 0 saturated carbocycles. The molecule has 2 aromatic carbocycles. The molecule has 0 saturated heterocycles. The third-order valence-corrected chi connectivity index (χ3v) is 3.93. The van der Waals surface area contributed by atoms with Crippen molar-refractivity contribution in [3.8, 4) is 5.75 Å². The molecular formula is C18H10ClF7O3. The third kappa shape index (κ3) is 6.11. The van der Waals surface area contributed by atoms with Gasteiger partial charge in [-0.1, -0.05) is 29.8 Å². The van der Waals surface area contributed by atoms with Crippen LogP contribution >= 0.6 is 11.6 Å². The maximum Gasteiger partial charge on any atom is 0.573 e. The normalized spacial score (nSPS) is 13.9. The van der Waals surface area contributed by atoms with Crippen LogP contribution in [0.25, 0.3) is 5.83 Å². The van der Waals surface area contributed by atoms with Crippen molar-refractivity contribution < 1.29 is 45.4 Å². The summed E-state index contributed by atoms with van der Waals surface area (Å²) < 4.78 is 95.4. The molecule has 2 aromatic rings. The smallest absolute Gasteiger partial charge is 0.478 e. The molecule has 0 bridgehead atoms. The second-order valence-corrected chi connectivity index (χ2v) is 6.06. The number of carboxylic acids is 1. The van der Waals surface area contributed by atoms with Gasteiger partial charge in [0.1, 0.15) is 17.5 Å². The summed E-state index contributed by atoms with van der Waals surface area (Å²) in [7, 11) is 0. The summed E-state index contributed by atoms with van der Waals surface area (Å²) >= 11 is 5.52. The van der Waals surface area contributed by atoms with Gasteiger partial charge < -0.3 is 9.84 Å². The van der Waals surface area contributed by atoms with Crippen molar-refractivity contribution in [3.05, 3.63) is 70.3 Å². The van der Waals surface area contributed by atoms with Crippen molar-refractivity contribution in [1.29, 1.82) is 0 Å². The summed E-state index contributed by atoms with van der Waals surface area (Å²) in [5, 5.41) is 8.20. The fraction of sp³-hybridized carbons (Fsp3) is 0.167. The van der Waals surface area contributed by atoms with E-state index in [0.29, 0.717) is 6.07 Å². The van der Waals surface area contributed by atoms with Gasteiger partial charge in [-0.3, -0.25) is 0 Å². The lowest BCUT2D eigenvalue weighted by molar-refractivity contribution is -0.274. The maximum atomic E-state index is 14.4. The number of ether oxygens (including phenoxy) is 1. The Kier molecular flexibility index (Phi) is 6.46. The van der Waals surface area contributed by atoms with E-state index in [0.717, 1.165) is 36.4 Å². The molecule has 3 nitrogen and oxygen atoms in total. The number of rotatable bonds is 5. The molecule has 1 atom stereocenters. The summed E-state index contributed by atoms with van der Waals surface area (Å²) in [5.41, 5.74) is -1.29. The fourth-order valence-electron chi connectivity index (χ4n) is 2.31. The molecule has 0 spiro atoms. The fourth-order valence-corrected chi connectivity index (χ4v) is 2.47. The second-order valence-electron chi connectivity index (χ2n) is 5.65. The summed E-state index contributed by atoms with van der Waals surface area (Å²) in [4.78, 5) is 10.8. The highest BCUT2D eigenvalue weighted by atomic mass is 35.5. The lowest BCUT2D eigenvalue weighted by atomic mass is 9.96. The van der Waals surface area contributed by atoms with Crippen molar-refractivity contribution in [2.75, 3.05) is 0 Å². The Morgan fingerprint density at radius 2 is 1.55 bits per heavy atom. The van der Waals surface area contributed by atoms with Crippen LogP contribution in [0.3, 0.4) is 0 Å². The number of alkyl halides is 6. The van der Waals surface area contributed by atoms with Gasteiger partial charge in [-0.15, -0.1) is 13.2 Å². The zero-order valence-corrected chi connectivity index (χ0v) is 14.7. The topological polar surface area (TPSA) is 46.5 Å². The Hall–Kier alpha value is -2.75. The predicted molar refractivity (Wildman–Crippen MR) is 89.4 cm³/mol. The first-order valence-corrected chi connectivity index (χ1v) is 7.98. The van der Waals surface area contributed by atoms with Crippen LogP contribution in [0.2, 0.25) is 5.02 Å². The largest absolute Gasteiger partial charge is 0.573 e. The van der Waals surface area contributed by atoms with Gasteiger partial charge in [0.2, 0.25) is 0 Å². The standard InChI is InChI=1S/C18H10ClF7O3/c19-13-6-5-11(7-15(13)29-18(24,25)26)12(17(21,22)23)8-14(20)9-1-3-10(4-2-9)16(27)28/h1-8,12H,(H,27,28)/b14-8-. The maximum absolute atomic E-state index is 14.4. The number of carboxylic acid groups (broad SMARTS) is 1. The lowest BCUT2D eigenvalue weighted by Gasteiger charge is -2.19. The van der Waals surface area contributed by atoms with Gasteiger partial charge in [-0.25, -0.2) is 9.18 Å². The summed E-state index contributed by atoms with van der Waals surface area (Å²) in [5.74, 6) is -6.34. The van der Waals surface area contributed by atoms with Gasteiger partial charge in [0, 0.05) is 5.56 Å². The van der Waals surface area contributed by atoms with Crippen LogP contribution in [0.4, 0.5) is 30.7 Å². The van der Waals surface area contributed by atoms with Gasteiger partial charge in [0.25, 0.3) is 0 Å². The Balaban J connectivity index is 2.46. The van der Waals surface area contributed by atoms with Crippen molar-refractivity contribution in [1.82, 2.24) is 0 Å². The monoisotopic (exact) mass is 442 g/mol. The molecule has 1 unspecified atom stereocenters. The average Bonchev–Trinajstić information content (AvgIpc) is 2.59. The van der Waals surface area contributed by atoms with Crippen LogP contribution in [0.15, 0.2) is 48.5 Å². The number of hydrogen-bond acceptors (Lipinski definition) is 2. The van der Waals surface area contributed by atoms with Crippen molar-refractivity contribution in [3.63, 3.8) is 0 Å². The Bertz CT molecular complexity index is 919. The van der Waals surface area contributed by atoms with Crippen molar-refractivity contribution >= 4 is 23.4 Å². The van der Waals surface area contributed by atoms with Gasteiger partial charge in [0.15, 0.2) is 0 Å². The number of hydrogen-bond donors (Lipinski definition) is 1. The molecule has 2 rings (SSSR count). The minimum atomic E-state index is -5.19. The first-order valence-electron chi connectivity index (χ1n) is 7.61. The summed E-state index contributed by atoms with van der Waals surface area (Å²) in [6.45, 7) is 0. The van der Waals surface area contributed by atoms with E-state index in [-0.39, 0.29) is 17.2 Å². The number of allylic oxidation sites excluding steroid dienone is 1. The van der Waals surface area contributed by atoms with E-state index >= 15 is 0 Å². The van der Waals surface area contributed by atoms with Crippen LogP contribution in [-0.2, 0) is 0 Å². The molecule has 11 heteroatoms. The van der Waals surface area contributed by atoms with Gasteiger partial charge in [-0.05, 0) is 35.9 Å². The Labute approximate surface area is 164 Å². The molecule has 0 fully saturated rings. The van der Waals surface area contributed by atoms with Crippen molar-refractivity contribution in [2.45, 2.75) is 18.5 Å². The van der Waals surface area contributed by atoms with Crippen LogP contribution in [0.5, 0.6) is 5.75 Å². The molecule has 0 radical (unpaired) electrons. The number of halogens is 8. The first kappa shape index (κ1) is 22.5. The molecule has 0 amide bonds. The van der Waals surface area contributed by atoms with Crippen molar-refractivity contribution in [2.24, 2.45) is 0 Å². The van der Waals surface area contributed by atoms with Crippen LogP contribution < -0.4 is 4.74 Å². The van der Waals surface area contributed by atoms with E-state index in [2.05, 4.69) is 4.74 Å². The molecule has 29 heavy (non-hydrogen) atoms. The quantitative estimate of drug-likeness (QED) is 0.531. The highest BCUT2D eigenvalue weighted by Gasteiger charge is 2.41. The van der Waals surface area contributed by atoms with Crippen LogP contribution in [0.1, 0.15) is 27.4 Å². The first-order chi connectivity index (χ1) is 13.3. The van der Waals surface area contributed by atoms with Gasteiger partial charge in [0.05, 0.1) is 10.6 Å². The number of benzene rings is 2. The average molecular weight is 443 g/mol. The highest BCUT2D eigenvalue weighted by molar-refractivity contribution is 6.32. The molecule has 1 N–H and O–H groups in total. The SMILES string of the molecule is O=C(O)c1ccc(/C(F)=C/C(c2ccc(Cl)c(OC(F)(F)F)c2)C(F)(F)F)cc1. The zero-order valence-electron chi connectivity index (χ0n) is 14.0. The zero-order chi connectivity index (χ0) is 22.0. The number of carbonyl (C=O) groups is 1. The molecule has 0 aliphatic rings. The Morgan fingerprint density at radius 3 is 2.03 bits per heavy atom. The molecule has 0 aromatic heterocycles. The van der Waals surface area contributed by atoms with E-state index in [1.54, 1.807) is 0 Å². The van der Waals surface area contributed by atoms with Gasteiger partial charge in [-0.2, -0.15) is 13.2 Å². The number of aromatic carboxylic acids is 1. The molecule has 0 aliphatic carbocycles. The molecular weight excluding hydrogens is 433 g/mol. The predicted octanol–water partition coefficient (Wildman–Crippen LogP) is 6.59. The van der Waals surface area contributed by atoms with E-state index in [1.807, 2.05) is 0 Å². The highest BCUT2D eigenvalue weighted by Crippen LogP contribution is 2.41. The third-order valence-electron chi connectivity index (χ3n) is 3.61.